The van der Waals surface area contributed by atoms with Crippen LogP contribution in [0, 0.1) is 0 Å². The number of carbonyl (C=O) groups excluding carboxylic acids is 2. The molecular weight excluding hydrogens is 478 g/mol. The van der Waals surface area contributed by atoms with Crippen LogP contribution in [0.15, 0.2) is 53.5 Å². The van der Waals surface area contributed by atoms with Crippen molar-refractivity contribution < 1.29 is 19.1 Å². The maximum atomic E-state index is 13.7. The van der Waals surface area contributed by atoms with Crippen molar-refractivity contribution in [3.8, 4) is 11.5 Å². The van der Waals surface area contributed by atoms with E-state index in [1.807, 2.05) is 30.3 Å². The number of ether oxygens (including phenoxy) is 2. The Morgan fingerprint density at radius 2 is 1.87 bits per heavy atom. The molecule has 0 fully saturated rings. The number of esters is 1. The molecular formula is C31H31N3O4. The molecule has 7 nitrogen and oxygen atoms in total. The molecule has 0 unspecified atom stereocenters. The molecule has 3 heterocycles. The number of nitrogens with zero attached hydrogens (tertiary/aromatic N) is 2. The summed E-state index contributed by atoms with van der Waals surface area (Å²) in [6.45, 7) is 2.05. The number of anilines is 1. The Hall–Kier alpha value is -4.13. The van der Waals surface area contributed by atoms with Crippen molar-refractivity contribution >= 4 is 23.1 Å². The third-order valence-electron chi connectivity index (χ3n) is 7.62. The van der Waals surface area contributed by atoms with Gasteiger partial charge in [0, 0.05) is 66.4 Å². The summed E-state index contributed by atoms with van der Waals surface area (Å²) >= 11 is 0. The van der Waals surface area contributed by atoms with Crippen LogP contribution in [0.1, 0.15) is 51.9 Å². The summed E-state index contributed by atoms with van der Waals surface area (Å²) in [5, 5.41) is 5.48. The zero-order valence-electron chi connectivity index (χ0n) is 21.8. The highest BCUT2D eigenvalue weighted by atomic mass is 16.5. The van der Waals surface area contributed by atoms with Gasteiger partial charge in [0.25, 0.3) is 5.91 Å². The van der Waals surface area contributed by atoms with Crippen LogP contribution >= 0.6 is 0 Å². The third kappa shape index (κ3) is 4.32. The summed E-state index contributed by atoms with van der Waals surface area (Å²) in [5.74, 6) is 1.05. The van der Waals surface area contributed by atoms with Gasteiger partial charge in [0.05, 0.1) is 18.9 Å². The van der Waals surface area contributed by atoms with E-state index in [0.717, 1.165) is 83.2 Å². The molecule has 1 amide bonds. The Labute approximate surface area is 221 Å². The minimum atomic E-state index is -0.340. The number of hydrogen-bond donors (Lipinski definition) is 1. The lowest BCUT2D eigenvalue weighted by Crippen LogP contribution is -2.31. The highest BCUT2D eigenvalue weighted by Crippen LogP contribution is 2.41. The first-order valence-electron chi connectivity index (χ1n) is 13.3. The molecule has 3 aromatic carbocycles. The summed E-state index contributed by atoms with van der Waals surface area (Å²) < 4.78 is 11.3. The normalized spacial score (nSPS) is 14.9. The molecule has 1 N–H and O–H groups in total. The van der Waals surface area contributed by atoms with E-state index in [1.165, 1.54) is 18.2 Å². The molecule has 3 aromatic rings. The summed E-state index contributed by atoms with van der Waals surface area (Å²) in [4.78, 5) is 31.7. The Morgan fingerprint density at radius 1 is 1.03 bits per heavy atom. The zero-order chi connectivity index (χ0) is 26.2. The number of hydrogen-bond acceptors (Lipinski definition) is 6. The molecule has 6 rings (SSSR count). The molecule has 7 heteroatoms. The quantitative estimate of drug-likeness (QED) is 0.416. The maximum absolute atomic E-state index is 13.7. The highest BCUT2D eigenvalue weighted by molar-refractivity contribution is 6.02. The molecule has 194 valence electrons. The number of nitrogens with one attached hydrogen (secondary N) is 1. The largest absolute Gasteiger partial charge is 0.469 e. The van der Waals surface area contributed by atoms with E-state index in [1.54, 1.807) is 11.9 Å². The van der Waals surface area contributed by atoms with Gasteiger partial charge in [-0.2, -0.15) is 0 Å². The van der Waals surface area contributed by atoms with Crippen molar-refractivity contribution in [2.75, 3.05) is 39.1 Å². The van der Waals surface area contributed by atoms with E-state index in [2.05, 4.69) is 23.5 Å². The molecule has 3 aliphatic heterocycles. The van der Waals surface area contributed by atoms with Gasteiger partial charge in [-0.25, -0.2) is 0 Å². The minimum absolute atomic E-state index is 0.140. The third-order valence-corrected chi connectivity index (χ3v) is 7.62. The molecule has 0 bridgehead atoms. The Morgan fingerprint density at radius 3 is 2.74 bits per heavy atom. The minimum Gasteiger partial charge on any atom is -0.469 e. The van der Waals surface area contributed by atoms with E-state index in [-0.39, 0.29) is 24.8 Å². The first kappa shape index (κ1) is 24.2. The number of benzene rings is 3. The highest BCUT2D eigenvalue weighted by Gasteiger charge is 2.27. The fourth-order valence-corrected chi connectivity index (χ4v) is 5.60. The summed E-state index contributed by atoms with van der Waals surface area (Å²) in [7, 11) is 3.08. The average Bonchev–Trinajstić information content (AvgIpc) is 2.96. The SMILES string of the molecule is COC(=O)CCN(C)C(=O)c1ccccc1C1=c2cc3c(cc2Oc2cc4c(cc21)CCCN4)=NCCC3. The molecule has 0 saturated carbocycles. The molecule has 0 radical (unpaired) electrons. The van der Waals surface area contributed by atoms with Crippen LogP contribution < -0.4 is 20.6 Å². The smallest absolute Gasteiger partial charge is 0.307 e. The van der Waals surface area contributed by atoms with Gasteiger partial charge in [-0.05, 0) is 60.6 Å². The van der Waals surface area contributed by atoms with Crippen molar-refractivity contribution in [1.29, 1.82) is 0 Å². The van der Waals surface area contributed by atoms with Gasteiger partial charge in [0.2, 0.25) is 0 Å². The Balaban J connectivity index is 1.56. The predicted octanol–water partition coefficient (Wildman–Crippen LogP) is 3.60. The summed E-state index contributed by atoms with van der Waals surface area (Å²) in [6, 6.07) is 16.3. The lowest BCUT2D eigenvalue weighted by molar-refractivity contribution is -0.140. The lowest BCUT2D eigenvalue weighted by atomic mass is 9.86. The average molecular weight is 510 g/mol. The standard InChI is InChI=1S/C31H31N3O4/c1-34(14-11-29(35)37-2)31(36)22-10-4-3-9-21(22)30-23-15-19-7-5-12-32-25(19)17-27(23)38-28-18-26-20(16-24(28)30)8-6-13-33-26/h3-4,9-10,15-18,32H,5-8,11-14H2,1-2H3. The van der Waals surface area contributed by atoms with Crippen LogP contribution in [-0.2, 0) is 22.4 Å². The monoisotopic (exact) mass is 509 g/mol. The number of rotatable bonds is 5. The van der Waals surface area contributed by atoms with E-state index >= 15 is 0 Å². The topological polar surface area (TPSA) is 80.2 Å². The second kappa shape index (κ2) is 9.97. The number of fused-ring (bicyclic) bond motifs is 4. The van der Waals surface area contributed by atoms with Gasteiger partial charge in [-0.1, -0.05) is 18.2 Å². The number of methoxy groups -OCH3 is 1. The van der Waals surface area contributed by atoms with E-state index < -0.39 is 0 Å². The van der Waals surface area contributed by atoms with Crippen molar-refractivity contribution in [2.24, 2.45) is 4.99 Å². The zero-order valence-corrected chi connectivity index (χ0v) is 21.8. The number of carbonyl (C=O) groups is 2. The van der Waals surface area contributed by atoms with Crippen LogP contribution in [0.5, 0.6) is 11.5 Å². The second-order valence-corrected chi connectivity index (χ2v) is 10.1. The second-order valence-electron chi connectivity index (χ2n) is 10.1. The van der Waals surface area contributed by atoms with Crippen LogP contribution in [0.3, 0.4) is 0 Å². The van der Waals surface area contributed by atoms with E-state index in [0.29, 0.717) is 5.56 Å². The molecule has 0 saturated heterocycles. The molecule has 0 atom stereocenters. The molecule has 0 spiro atoms. The lowest BCUT2D eigenvalue weighted by Gasteiger charge is -2.27. The van der Waals surface area contributed by atoms with Crippen molar-refractivity contribution in [3.63, 3.8) is 0 Å². The molecule has 38 heavy (non-hydrogen) atoms. The van der Waals surface area contributed by atoms with Crippen LogP contribution in [0.4, 0.5) is 5.69 Å². The molecule has 0 aromatic heterocycles. The Kier molecular flexibility index (Phi) is 6.35. The van der Waals surface area contributed by atoms with Gasteiger partial charge >= 0.3 is 5.97 Å². The van der Waals surface area contributed by atoms with Crippen LogP contribution in [0.25, 0.3) is 5.57 Å². The predicted molar refractivity (Wildman–Crippen MR) is 145 cm³/mol. The van der Waals surface area contributed by atoms with Gasteiger partial charge in [0.1, 0.15) is 11.5 Å². The van der Waals surface area contributed by atoms with Crippen molar-refractivity contribution in [2.45, 2.75) is 32.1 Å². The Bertz CT molecular complexity index is 1580. The van der Waals surface area contributed by atoms with E-state index in [9.17, 15) is 9.59 Å². The van der Waals surface area contributed by atoms with Crippen molar-refractivity contribution in [1.82, 2.24) is 4.90 Å². The summed E-state index contributed by atoms with van der Waals surface area (Å²) in [6.07, 6.45) is 4.21. The van der Waals surface area contributed by atoms with Gasteiger partial charge < -0.3 is 19.7 Å². The molecule has 0 aliphatic carbocycles. The number of amides is 1. The fraction of sp³-hybridized carbons (Fsp3) is 0.323. The fourth-order valence-electron chi connectivity index (χ4n) is 5.60. The summed E-state index contributed by atoms with van der Waals surface area (Å²) in [5.41, 5.74) is 6.99. The van der Waals surface area contributed by atoms with Gasteiger partial charge in [0.15, 0.2) is 0 Å². The maximum Gasteiger partial charge on any atom is 0.307 e. The van der Waals surface area contributed by atoms with Crippen LogP contribution in [0.2, 0.25) is 0 Å². The number of aryl methyl sites for hydroxylation is 2. The van der Waals surface area contributed by atoms with Crippen LogP contribution in [-0.4, -0.2) is 50.6 Å². The first-order chi connectivity index (χ1) is 18.5. The van der Waals surface area contributed by atoms with E-state index in [4.69, 9.17) is 14.5 Å². The van der Waals surface area contributed by atoms with Gasteiger partial charge in [-0.3, -0.25) is 14.6 Å². The van der Waals surface area contributed by atoms with Gasteiger partial charge in [-0.15, -0.1) is 0 Å². The van der Waals surface area contributed by atoms with Crippen molar-refractivity contribution in [3.05, 3.63) is 86.9 Å². The first-order valence-corrected chi connectivity index (χ1v) is 13.3. The molecule has 3 aliphatic rings.